The Balaban J connectivity index is 0.000000118. The minimum atomic E-state index is -0.536. The molecule has 0 aliphatic heterocycles. The van der Waals surface area contributed by atoms with Crippen molar-refractivity contribution in [2.24, 2.45) is 5.41 Å². The van der Waals surface area contributed by atoms with Gasteiger partial charge < -0.3 is 32.1 Å². The Morgan fingerprint density at radius 1 is 0.371 bits per heavy atom. The summed E-state index contributed by atoms with van der Waals surface area (Å²) >= 11 is 0. The van der Waals surface area contributed by atoms with Crippen molar-refractivity contribution in [1.29, 1.82) is 0 Å². The van der Waals surface area contributed by atoms with Crippen molar-refractivity contribution in [1.82, 2.24) is 137 Å². The third-order valence-electron chi connectivity index (χ3n) is 22.2. The van der Waals surface area contributed by atoms with E-state index in [9.17, 15) is 23.6 Å². The van der Waals surface area contributed by atoms with Crippen LogP contribution in [-0.4, -0.2) is 137 Å². The smallest absolute Gasteiger partial charge is 0.268 e. The minimum Gasteiger partial charge on any atom is -0.383 e. The van der Waals surface area contributed by atoms with Gasteiger partial charge in [-0.25, -0.2) is 93.5 Å². The molecular weight excluding hydrogens is 1670 g/mol. The van der Waals surface area contributed by atoms with Crippen LogP contribution in [-0.2, 0) is 26.2 Å². The van der Waals surface area contributed by atoms with E-state index in [0.29, 0.717) is 141 Å². The van der Waals surface area contributed by atoms with Crippen LogP contribution in [0.4, 0.5) is 27.7 Å². The number of imidazole rings is 2. The number of fused-ring (bicyclic) bond motifs is 8. The van der Waals surface area contributed by atoms with E-state index in [4.69, 9.17) is 43.1 Å². The molecule has 17 aromatic heterocycles. The maximum absolute atomic E-state index is 14.7. The van der Waals surface area contributed by atoms with Gasteiger partial charge in [-0.2, -0.15) is 10.2 Å². The fourth-order valence-corrected chi connectivity index (χ4v) is 15.8. The van der Waals surface area contributed by atoms with E-state index in [-0.39, 0.29) is 59.1 Å². The van der Waals surface area contributed by atoms with Gasteiger partial charge >= 0.3 is 0 Å². The molecule has 0 amide bonds. The van der Waals surface area contributed by atoms with Crippen molar-refractivity contribution in [3.8, 4) is 45.8 Å². The molecule has 652 valence electrons. The van der Waals surface area contributed by atoms with E-state index in [1.807, 2.05) is 176 Å². The number of aryl methyl sites for hydroxylation is 7. The molecule has 37 heteroatoms. The summed E-state index contributed by atoms with van der Waals surface area (Å²) in [5.41, 5.74) is 39.2. The molecule has 0 unspecified atom stereocenters. The summed E-state index contributed by atoms with van der Waals surface area (Å²) in [5.74, 6) is 8.20. The van der Waals surface area contributed by atoms with E-state index in [2.05, 4.69) is 91.6 Å². The van der Waals surface area contributed by atoms with E-state index in [0.717, 1.165) is 61.7 Å². The van der Waals surface area contributed by atoms with Crippen molar-refractivity contribution < 1.29 is 4.39 Å². The first-order valence-electron chi connectivity index (χ1n) is 41.5. The number of hydrogen-bond acceptors (Lipinski definition) is 28. The molecule has 17 heterocycles. The quantitative estimate of drug-likeness (QED) is 0.0779. The summed E-state index contributed by atoms with van der Waals surface area (Å²) in [6, 6.07) is 42.2. The molecule has 36 nitrogen and oxygen atoms in total. The molecule has 0 saturated heterocycles. The zero-order chi connectivity index (χ0) is 92.1. The molecular formula is C95H81FN32O4. The predicted molar refractivity (Wildman–Crippen MR) is 501 cm³/mol. The number of nitrogens with zero attached hydrogens (tertiary/aromatic N) is 28. The van der Waals surface area contributed by atoms with Gasteiger partial charge in [-0.1, -0.05) is 72.7 Å². The predicted octanol–water partition coefficient (Wildman–Crippen LogP) is 11.6. The summed E-state index contributed by atoms with van der Waals surface area (Å²) in [6.07, 6.45) is 18.8. The van der Waals surface area contributed by atoms with Crippen molar-refractivity contribution in [3.05, 3.63) is 330 Å². The summed E-state index contributed by atoms with van der Waals surface area (Å²) in [4.78, 5) is 133. The molecule has 0 spiro atoms. The van der Waals surface area contributed by atoms with Crippen LogP contribution in [0.2, 0.25) is 0 Å². The lowest BCUT2D eigenvalue weighted by molar-refractivity contribution is 0.570. The number of nitrogen functional groups attached to an aromatic ring is 4. The van der Waals surface area contributed by atoms with Gasteiger partial charge in [0.05, 0.1) is 86.3 Å². The van der Waals surface area contributed by atoms with Crippen LogP contribution < -0.4 is 45.2 Å². The monoisotopic (exact) mass is 1750 g/mol. The third-order valence-corrected chi connectivity index (χ3v) is 22.2. The Morgan fingerprint density at radius 3 is 1.27 bits per heavy atom. The topological polar surface area (TPSA) is 470 Å². The molecule has 4 aromatic carbocycles. The van der Waals surface area contributed by atoms with Crippen LogP contribution in [0.25, 0.3) is 122 Å². The number of halogens is 1. The molecule has 132 heavy (non-hydrogen) atoms. The highest BCUT2D eigenvalue weighted by atomic mass is 19.1. The average Bonchev–Trinajstić information content (AvgIpc) is 1.44. The van der Waals surface area contributed by atoms with E-state index < -0.39 is 11.4 Å². The van der Waals surface area contributed by atoms with E-state index >= 15 is 0 Å². The van der Waals surface area contributed by atoms with Crippen molar-refractivity contribution >= 4 is 112 Å². The molecule has 8 N–H and O–H groups in total. The second kappa shape index (κ2) is 34.8. The summed E-state index contributed by atoms with van der Waals surface area (Å²) < 4.78 is 27.8. The van der Waals surface area contributed by atoms with Crippen molar-refractivity contribution in [2.45, 2.75) is 95.4 Å². The van der Waals surface area contributed by atoms with Crippen LogP contribution in [0.5, 0.6) is 0 Å². The van der Waals surface area contributed by atoms with Crippen molar-refractivity contribution in [2.75, 3.05) is 22.9 Å². The second-order valence-corrected chi connectivity index (χ2v) is 32.2. The molecule has 0 aliphatic rings. The summed E-state index contributed by atoms with van der Waals surface area (Å²) in [6.45, 7) is 20.3. The summed E-state index contributed by atoms with van der Waals surface area (Å²) in [5, 5.41) is 12.7. The zero-order valence-corrected chi connectivity index (χ0v) is 72.9. The van der Waals surface area contributed by atoms with Gasteiger partial charge in [0.25, 0.3) is 22.2 Å². The Kier molecular flexibility index (Phi) is 22.4. The molecule has 0 radical (unpaired) electrons. The third kappa shape index (κ3) is 16.0. The second-order valence-electron chi connectivity index (χ2n) is 32.2. The lowest BCUT2D eigenvalue weighted by Crippen LogP contribution is -2.27. The lowest BCUT2D eigenvalue weighted by atomic mass is 9.98. The molecule has 0 saturated carbocycles. The van der Waals surface area contributed by atoms with E-state index in [1.54, 1.807) is 96.3 Å². The highest BCUT2D eigenvalue weighted by Crippen LogP contribution is 2.33. The highest BCUT2D eigenvalue weighted by Gasteiger charge is 2.27. The molecule has 21 aromatic rings. The Morgan fingerprint density at radius 2 is 0.780 bits per heavy atom. The number of rotatable bonds is 13. The van der Waals surface area contributed by atoms with Gasteiger partial charge in [0, 0.05) is 53.9 Å². The van der Waals surface area contributed by atoms with Gasteiger partial charge in [0.15, 0.2) is 51.2 Å². The highest BCUT2D eigenvalue weighted by molar-refractivity contribution is 5.98. The number of nitrogens with two attached hydrogens (primary N) is 4. The maximum atomic E-state index is 14.7. The van der Waals surface area contributed by atoms with Gasteiger partial charge in [-0.3, -0.25) is 47.4 Å². The zero-order valence-electron chi connectivity index (χ0n) is 72.9. The molecule has 0 bridgehead atoms. The summed E-state index contributed by atoms with van der Waals surface area (Å²) in [7, 11) is 0. The number of aromatic nitrogens is 28. The van der Waals surface area contributed by atoms with Crippen LogP contribution >= 0.6 is 0 Å². The maximum Gasteiger partial charge on any atom is 0.268 e. The van der Waals surface area contributed by atoms with Crippen LogP contribution in [0, 0.1) is 71.5 Å². The number of hydrogen-bond donors (Lipinski definition) is 4. The van der Waals surface area contributed by atoms with Crippen LogP contribution in [0.15, 0.2) is 234 Å². The van der Waals surface area contributed by atoms with Gasteiger partial charge in [0.1, 0.15) is 95.7 Å². The number of pyridine rings is 6. The largest absolute Gasteiger partial charge is 0.383 e. The standard InChI is InChI=1S/C27H26N8O.C26H21N9O.C22H19N7O.C20H15FN8O/c1-16-8-6-7-9-19(16)35-20(32-24-21(26(35)36)17(2)11-13-29-24)14-34-25-22(23(28)30-15-31-25)18(33-34)10-12-27(3,4)5;1-15-6-3-4-8-18(15)35-19(32-24-20(26(35)36)16(2)9-11-29-24)13-34-25-21(23(27)30-14-31-25)22(33-34)17-7-5-10-28-12-17;1-13-5-3-4-6-17(13)29-15(9-16-18(22(29)30)14(2)7-8-24-16)10-28-12-27-19-20(23)25-11-26-21(19)28;1-11-6-7-23-18-15(11)20(30)29(13-5-3-2-4-12(13)21)14(27-18)8-28-10-26-16-17(22)24-9-25-19(16)28/h6-9,11,13,15H,14H2,1-5H3,(H2,28,30,31);3-12,14H,13H2,1-2H3,(H2,27,30,31);3-9,11-12H,10H2,1-2H3,(H2,23,25,26);2-7,9-10H,8H2,1H3,(H2,22,24,25). The molecule has 0 aliphatic carbocycles. The van der Waals surface area contributed by atoms with Crippen LogP contribution in [0.3, 0.4) is 0 Å². The Bertz CT molecular complexity index is 8300. The molecule has 21 rings (SSSR count). The van der Waals surface area contributed by atoms with Gasteiger partial charge in [-0.15, -0.1) is 0 Å². The molecule has 0 atom stereocenters. The average molecular weight is 1750 g/mol. The van der Waals surface area contributed by atoms with Crippen molar-refractivity contribution in [3.63, 3.8) is 0 Å². The number of benzene rings is 4. The first-order valence-corrected chi connectivity index (χ1v) is 41.5. The minimum absolute atomic E-state index is 0.0963. The Labute approximate surface area is 748 Å². The fourth-order valence-electron chi connectivity index (χ4n) is 15.8. The number of anilines is 4. The number of para-hydroxylation sites is 4. The Hall–Kier alpha value is -17.9. The fraction of sp³-hybridized carbons (Fsp3) is 0.158. The van der Waals surface area contributed by atoms with Gasteiger partial charge in [0.2, 0.25) is 0 Å². The van der Waals surface area contributed by atoms with E-state index in [1.165, 1.54) is 48.3 Å². The normalized spacial score (nSPS) is 11.4. The first kappa shape index (κ1) is 85.0. The first-order chi connectivity index (χ1) is 63.7. The lowest BCUT2D eigenvalue weighted by Gasteiger charge is -2.17. The molecule has 0 fully saturated rings. The SMILES string of the molecule is Cc1ccccc1-n1c(Cn2cnc3c(N)ncnc32)cc2nccc(C)c2c1=O.Cc1ccccc1-n1c(Cn2nc(-c3cccnc3)c3c(N)ncnc32)nc2nccc(C)c2c1=O.Cc1ccccc1-n1c(Cn2nc(C#CC(C)(C)C)c3c(N)ncnc32)nc2nccc(C)c2c1=O.Cc1ccnc2nc(Cn3cnc4c(N)ncnc43)n(-c3ccccc3F)c(=O)c12. The van der Waals surface area contributed by atoms with Crippen LogP contribution in [0.1, 0.15) is 88.6 Å². The van der Waals surface area contributed by atoms with Gasteiger partial charge in [-0.05, 0) is 187 Å².